The molecule has 0 saturated carbocycles. The molecule has 1 N–H and O–H groups in total. The lowest BCUT2D eigenvalue weighted by molar-refractivity contribution is -0.130. The quantitative estimate of drug-likeness (QED) is 0.618. The highest BCUT2D eigenvalue weighted by atomic mass is 19.1. The number of aliphatic hydroxyl groups is 1. The first-order valence-electron chi connectivity index (χ1n) is 9.79. The molecule has 0 unspecified atom stereocenters. The van der Waals surface area contributed by atoms with Gasteiger partial charge in [0.2, 0.25) is 0 Å². The van der Waals surface area contributed by atoms with Crippen LogP contribution in [0.3, 0.4) is 0 Å². The van der Waals surface area contributed by atoms with E-state index >= 15 is 0 Å². The molecule has 31 heavy (non-hydrogen) atoms. The Hall–Kier alpha value is -3.80. The van der Waals surface area contributed by atoms with Gasteiger partial charge in [0.15, 0.2) is 5.76 Å². The zero-order valence-electron chi connectivity index (χ0n) is 17.2. The predicted octanol–water partition coefficient (Wildman–Crippen LogP) is 4.90. The van der Waals surface area contributed by atoms with Gasteiger partial charge in [0.05, 0.1) is 20.3 Å². The first-order chi connectivity index (χ1) is 15.0. The van der Waals surface area contributed by atoms with Gasteiger partial charge >= 0.3 is 0 Å². The second kappa shape index (κ2) is 8.52. The molecule has 1 aliphatic rings. The molecule has 0 fully saturated rings. The maximum atomic E-state index is 14.9. The molecule has 0 saturated heterocycles. The summed E-state index contributed by atoms with van der Waals surface area (Å²) in [7, 11) is 3.13. The van der Waals surface area contributed by atoms with Gasteiger partial charge in [0.25, 0.3) is 5.91 Å². The van der Waals surface area contributed by atoms with Gasteiger partial charge in [-0.3, -0.25) is 4.79 Å². The highest BCUT2D eigenvalue weighted by Crippen LogP contribution is 2.44. The third-order valence-electron chi connectivity index (χ3n) is 5.39. The minimum absolute atomic E-state index is 0.179. The van der Waals surface area contributed by atoms with E-state index < -0.39 is 17.8 Å². The smallest absolute Gasteiger partial charge is 0.290 e. The van der Waals surface area contributed by atoms with Crippen LogP contribution in [0.25, 0.3) is 5.57 Å². The predicted molar refractivity (Wildman–Crippen MR) is 115 cm³/mol. The molecular weight excluding hydrogens is 397 g/mol. The van der Waals surface area contributed by atoms with Crippen LogP contribution >= 0.6 is 0 Å². The molecule has 158 valence electrons. The largest absolute Gasteiger partial charge is 0.503 e. The van der Waals surface area contributed by atoms with Crippen LogP contribution in [0.15, 0.2) is 78.6 Å². The molecular formula is C25H22FNO4. The number of hydrogen-bond donors (Lipinski definition) is 1. The van der Waals surface area contributed by atoms with E-state index in [2.05, 4.69) is 0 Å². The number of amides is 1. The van der Waals surface area contributed by atoms with E-state index in [1.165, 1.54) is 11.0 Å². The molecule has 6 heteroatoms. The molecule has 3 aromatic carbocycles. The Morgan fingerprint density at radius 3 is 2.32 bits per heavy atom. The summed E-state index contributed by atoms with van der Waals surface area (Å²) in [6.45, 7) is 0.179. The number of halogens is 1. The van der Waals surface area contributed by atoms with Gasteiger partial charge in [-0.05, 0) is 41.5 Å². The van der Waals surface area contributed by atoms with Gasteiger partial charge in [0, 0.05) is 17.7 Å². The maximum absolute atomic E-state index is 14.9. The Labute approximate surface area is 180 Å². The molecule has 3 aromatic rings. The number of benzene rings is 3. The molecule has 0 aromatic heterocycles. The van der Waals surface area contributed by atoms with E-state index in [1.807, 2.05) is 24.3 Å². The summed E-state index contributed by atoms with van der Waals surface area (Å²) in [4.78, 5) is 14.6. The molecule has 0 bridgehead atoms. The number of ether oxygens (including phenoxy) is 2. The number of nitrogens with zero attached hydrogens (tertiary/aromatic N) is 1. The minimum Gasteiger partial charge on any atom is -0.503 e. The van der Waals surface area contributed by atoms with Crippen molar-refractivity contribution in [3.8, 4) is 11.5 Å². The van der Waals surface area contributed by atoms with Crippen molar-refractivity contribution in [2.24, 2.45) is 0 Å². The summed E-state index contributed by atoms with van der Waals surface area (Å²) < 4.78 is 25.3. The molecule has 0 radical (unpaired) electrons. The Morgan fingerprint density at radius 2 is 1.65 bits per heavy atom. The number of aliphatic hydroxyl groups excluding tert-OH is 1. The van der Waals surface area contributed by atoms with Crippen molar-refractivity contribution in [2.45, 2.75) is 12.6 Å². The average Bonchev–Trinajstić information content (AvgIpc) is 3.04. The van der Waals surface area contributed by atoms with E-state index in [9.17, 15) is 14.3 Å². The first-order valence-corrected chi connectivity index (χ1v) is 9.79. The Morgan fingerprint density at radius 1 is 0.935 bits per heavy atom. The summed E-state index contributed by atoms with van der Waals surface area (Å²) in [5.41, 5.74) is 2.10. The first kappa shape index (κ1) is 20.5. The van der Waals surface area contributed by atoms with Gasteiger partial charge in [-0.15, -0.1) is 0 Å². The van der Waals surface area contributed by atoms with Crippen LogP contribution in [0.2, 0.25) is 0 Å². The fourth-order valence-electron chi connectivity index (χ4n) is 3.87. The molecule has 4 rings (SSSR count). The third-order valence-corrected chi connectivity index (χ3v) is 5.39. The van der Waals surface area contributed by atoms with Crippen LogP contribution in [0.4, 0.5) is 4.39 Å². The zero-order valence-corrected chi connectivity index (χ0v) is 17.2. The average molecular weight is 419 g/mol. The SMILES string of the molecule is COc1ccc(C2=C(O)C(=O)N(Cc3cccc(OC)c3)[C@H]2c2ccccc2F)cc1. The van der Waals surface area contributed by atoms with Crippen LogP contribution in [0.1, 0.15) is 22.7 Å². The van der Waals surface area contributed by atoms with Gasteiger partial charge in [-0.25, -0.2) is 4.39 Å². The van der Waals surface area contributed by atoms with Crippen molar-refractivity contribution in [1.29, 1.82) is 0 Å². The van der Waals surface area contributed by atoms with Crippen molar-refractivity contribution < 1.29 is 23.8 Å². The van der Waals surface area contributed by atoms with Crippen molar-refractivity contribution in [1.82, 2.24) is 4.90 Å². The van der Waals surface area contributed by atoms with Crippen LogP contribution in [-0.4, -0.2) is 30.1 Å². The minimum atomic E-state index is -0.784. The van der Waals surface area contributed by atoms with Crippen molar-refractivity contribution in [3.05, 3.63) is 101 Å². The normalized spacial score (nSPS) is 16.0. The number of rotatable bonds is 6. The topological polar surface area (TPSA) is 59.0 Å². The van der Waals surface area contributed by atoms with Crippen LogP contribution in [0, 0.1) is 5.82 Å². The summed E-state index contributed by atoms with van der Waals surface area (Å²) in [5, 5.41) is 10.8. The molecule has 0 aliphatic carbocycles. The van der Waals surface area contributed by atoms with Crippen molar-refractivity contribution in [3.63, 3.8) is 0 Å². The number of methoxy groups -OCH3 is 2. The van der Waals surface area contributed by atoms with Crippen LogP contribution < -0.4 is 9.47 Å². The van der Waals surface area contributed by atoms with Gasteiger partial charge in [-0.1, -0.05) is 42.5 Å². The van der Waals surface area contributed by atoms with E-state index in [0.29, 0.717) is 28.2 Å². The molecule has 0 spiro atoms. The molecule has 1 aliphatic heterocycles. The van der Waals surface area contributed by atoms with Gasteiger partial charge in [0.1, 0.15) is 17.3 Å². The van der Waals surface area contributed by atoms with Crippen molar-refractivity contribution in [2.75, 3.05) is 14.2 Å². The summed E-state index contributed by atoms with van der Waals surface area (Å²) in [6.07, 6.45) is 0. The fourth-order valence-corrected chi connectivity index (χ4v) is 3.87. The van der Waals surface area contributed by atoms with Crippen LogP contribution in [0.5, 0.6) is 11.5 Å². The van der Waals surface area contributed by atoms with Crippen molar-refractivity contribution >= 4 is 11.5 Å². The second-order valence-electron chi connectivity index (χ2n) is 7.20. The lowest BCUT2D eigenvalue weighted by atomic mass is 9.93. The van der Waals surface area contributed by atoms with E-state index in [-0.39, 0.29) is 12.3 Å². The molecule has 5 nitrogen and oxygen atoms in total. The Balaban J connectivity index is 1.81. The van der Waals surface area contributed by atoms with Gasteiger partial charge in [-0.2, -0.15) is 0 Å². The maximum Gasteiger partial charge on any atom is 0.290 e. The van der Waals surface area contributed by atoms with E-state index in [4.69, 9.17) is 9.47 Å². The number of carbonyl (C=O) groups is 1. The number of carbonyl (C=O) groups excluding carboxylic acids is 1. The van der Waals surface area contributed by atoms with Crippen LogP contribution in [-0.2, 0) is 11.3 Å². The summed E-state index contributed by atoms with van der Waals surface area (Å²) in [5.74, 6) is -0.0946. The summed E-state index contributed by atoms with van der Waals surface area (Å²) in [6, 6.07) is 19.8. The highest BCUT2D eigenvalue weighted by Gasteiger charge is 2.42. The Bertz CT molecular complexity index is 1140. The van der Waals surface area contributed by atoms with E-state index in [0.717, 1.165) is 5.56 Å². The molecule has 1 heterocycles. The highest BCUT2D eigenvalue weighted by molar-refractivity contribution is 6.05. The second-order valence-corrected chi connectivity index (χ2v) is 7.20. The lowest BCUT2D eigenvalue weighted by Crippen LogP contribution is -2.30. The molecule has 1 atom stereocenters. The third kappa shape index (κ3) is 3.84. The monoisotopic (exact) mass is 419 g/mol. The fraction of sp³-hybridized carbons (Fsp3) is 0.160. The van der Waals surface area contributed by atoms with Gasteiger partial charge < -0.3 is 19.5 Å². The molecule has 1 amide bonds. The van der Waals surface area contributed by atoms with E-state index in [1.54, 1.807) is 56.7 Å². The zero-order chi connectivity index (χ0) is 22.0. The Kier molecular flexibility index (Phi) is 5.62. The number of hydrogen-bond acceptors (Lipinski definition) is 4. The summed E-state index contributed by atoms with van der Waals surface area (Å²) >= 11 is 0. The lowest BCUT2D eigenvalue weighted by Gasteiger charge is -2.28. The standard InChI is InChI=1S/C25H22FNO4/c1-30-18-12-10-17(11-13-18)22-23(20-8-3-4-9-21(20)26)27(25(29)24(22)28)15-16-6-5-7-19(14-16)31-2/h3-14,23,28H,15H2,1-2H3/t23-/m0/s1.